The van der Waals surface area contributed by atoms with Crippen molar-refractivity contribution in [3.05, 3.63) is 133 Å². The van der Waals surface area contributed by atoms with E-state index in [1.165, 1.54) is 13.8 Å². The molecule has 346 valence electrons. The zero-order chi connectivity index (χ0) is 48.2. The molecule has 0 saturated heterocycles. The standard InChI is InChI=1S/C53H47N3O12/c1-32(2)52(61)66-29-25-44(59)64-28-26-45(60)68-42-24-21-36-14-7-10-17-39(36)48(42)51-55-49(46-37-15-8-5-12-34(37)19-22-40(46)57)54-50(56-51)47-38-16-9-6-13-35(38)20-23-41(47)63-27-11-18-43(58)65-30-31-67-53(62)33(3)4/h5-10,12-17,19-24,57H,1,3,11,18,25-31H2,2,4H3. The van der Waals surface area contributed by atoms with E-state index in [9.17, 15) is 29.1 Å². The third-order valence-electron chi connectivity index (χ3n) is 10.4. The van der Waals surface area contributed by atoms with Gasteiger partial charge in [-0.25, -0.2) is 24.5 Å². The number of aromatic nitrogens is 3. The summed E-state index contributed by atoms with van der Waals surface area (Å²) in [5, 5.41) is 16.0. The summed E-state index contributed by atoms with van der Waals surface area (Å²) in [7, 11) is 0. The van der Waals surface area contributed by atoms with Crippen molar-refractivity contribution >= 4 is 62.2 Å². The van der Waals surface area contributed by atoms with Gasteiger partial charge >= 0.3 is 29.8 Å². The average molecular weight is 918 g/mol. The highest BCUT2D eigenvalue weighted by molar-refractivity contribution is 6.03. The predicted molar refractivity (Wildman–Crippen MR) is 253 cm³/mol. The van der Waals surface area contributed by atoms with Crippen molar-refractivity contribution in [3.63, 3.8) is 0 Å². The zero-order valence-corrected chi connectivity index (χ0v) is 37.5. The topological polar surface area (TPSA) is 200 Å². The van der Waals surface area contributed by atoms with Crippen LogP contribution in [0.1, 0.15) is 39.5 Å². The lowest BCUT2D eigenvalue weighted by Gasteiger charge is -2.17. The first-order valence-electron chi connectivity index (χ1n) is 21.7. The number of carbonyl (C=O) groups excluding carboxylic acids is 5. The molecule has 0 aliphatic rings. The SMILES string of the molecule is C=C(C)C(=O)OCCOC(=O)CCCOc1ccc2ccccc2c1-c1nc(-c2c(O)ccc3ccccc23)nc(-c2c(OC(=O)CCOC(=O)CCOC(=O)C(=C)C)ccc3ccccc23)n1. The first kappa shape index (κ1) is 47.5. The summed E-state index contributed by atoms with van der Waals surface area (Å²) < 4.78 is 32.8. The minimum absolute atomic E-state index is 0.0235. The summed E-state index contributed by atoms with van der Waals surface area (Å²) in [5.74, 6) is -2.30. The number of rotatable bonds is 20. The fraction of sp³-hybridized carbons (Fsp3) is 0.208. The summed E-state index contributed by atoms with van der Waals surface area (Å²) in [4.78, 5) is 76.8. The summed E-state index contributed by atoms with van der Waals surface area (Å²) in [5.41, 5.74) is 1.60. The second-order valence-electron chi connectivity index (χ2n) is 15.5. The van der Waals surface area contributed by atoms with E-state index in [1.54, 1.807) is 30.3 Å². The minimum atomic E-state index is -0.718. The fourth-order valence-electron chi connectivity index (χ4n) is 7.10. The number of ether oxygens (including phenoxy) is 6. The molecular weight excluding hydrogens is 871 g/mol. The molecule has 0 radical (unpaired) electrons. The van der Waals surface area contributed by atoms with E-state index in [0.29, 0.717) is 33.2 Å². The van der Waals surface area contributed by atoms with Crippen LogP contribution in [0.15, 0.2) is 133 Å². The van der Waals surface area contributed by atoms with E-state index in [0.717, 1.165) is 21.5 Å². The maximum absolute atomic E-state index is 13.5. The number of esters is 5. The van der Waals surface area contributed by atoms with Gasteiger partial charge in [0.15, 0.2) is 17.5 Å². The van der Waals surface area contributed by atoms with Crippen LogP contribution in [0.3, 0.4) is 0 Å². The van der Waals surface area contributed by atoms with Crippen molar-refractivity contribution in [2.45, 2.75) is 39.5 Å². The smallest absolute Gasteiger partial charge is 0.333 e. The van der Waals surface area contributed by atoms with Gasteiger partial charge in [-0.3, -0.25) is 14.4 Å². The van der Waals surface area contributed by atoms with Gasteiger partial charge in [-0.1, -0.05) is 104 Å². The molecule has 1 aromatic heterocycles. The number of hydrogen-bond donors (Lipinski definition) is 1. The molecule has 7 rings (SSSR count). The number of phenolic OH excluding ortho intramolecular Hbond substituents is 1. The molecular formula is C53H47N3O12. The number of hydrogen-bond acceptors (Lipinski definition) is 15. The highest BCUT2D eigenvalue weighted by Crippen LogP contribution is 2.42. The van der Waals surface area contributed by atoms with Gasteiger partial charge in [0.2, 0.25) is 0 Å². The van der Waals surface area contributed by atoms with Gasteiger partial charge in [0.05, 0.1) is 36.1 Å². The molecule has 0 fully saturated rings. The molecule has 1 N–H and O–H groups in total. The van der Waals surface area contributed by atoms with Crippen LogP contribution in [-0.4, -0.2) is 82.9 Å². The summed E-state index contributed by atoms with van der Waals surface area (Å²) >= 11 is 0. The quantitative estimate of drug-likeness (QED) is 0.0249. The van der Waals surface area contributed by atoms with Gasteiger partial charge in [0.25, 0.3) is 0 Å². The summed E-state index contributed by atoms with van der Waals surface area (Å²) in [6.07, 6.45) is -0.214. The van der Waals surface area contributed by atoms with Crippen molar-refractivity contribution in [2.24, 2.45) is 0 Å². The van der Waals surface area contributed by atoms with Gasteiger partial charge in [-0.2, -0.15) is 0 Å². The van der Waals surface area contributed by atoms with Crippen LogP contribution >= 0.6 is 0 Å². The number of carbonyl (C=O) groups is 5. The Morgan fingerprint density at radius 2 is 0.897 bits per heavy atom. The molecule has 1 heterocycles. The predicted octanol–water partition coefficient (Wildman–Crippen LogP) is 9.21. The lowest BCUT2D eigenvalue weighted by Crippen LogP contribution is -2.16. The van der Waals surface area contributed by atoms with Crippen LogP contribution in [0, 0.1) is 0 Å². The van der Waals surface area contributed by atoms with Crippen molar-refractivity contribution < 1.29 is 57.5 Å². The Kier molecular flexibility index (Phi) is 15.5. The lowest BCUT2D eigenvalue weighted by atomic mass is 10.00. The van der Waals surface area contributed by atoms with E-state index in [1.807, 2.05) is 78.9 Å². The van der Waals surface area contributed by atoms with Crippen LogP contribution in [0.4, 0.5) is 0 Å². The monoisotopic (exact) mass is 917 g/mol. The second kappa shape index (κ2) is 22.2. The van der Waals surface area contributed by atoms with Gasteiger partial charge in [-0.15, -0.1) is 0 Å². The second-order valence-corrected chi connectivity index (χ2v) is 15.5. The third-order valence-corrected chi connectivity index (χ3v) is 10.4. The van der Waals surface area contributed by atoms with E-state index in [4.69, 9.17) is 43.4 Å². The van der Waals surface area contributed by atoms with E-state index >= 15 is 0 Å². The molecule has 0 aliphatic heterocycles. The van der Waals surface area contributed by atoms with E-state index in [2.05, 4.69) is 13.2 Å². The normalized spacial score (nSPS) is 10.9. The van der Waals surface area contributed by atoms with E-state index in [-0.39, 0.29) is 98.8 Å². The number of aromatic hydroxyl groups is 1. The molecule has 0 unspecified atom stereocenters. The molecule has 0 bridgehead atoms. The number of phenols is 1. The molecule has 68 heavy (non-hydrogen) atoms. The van der Waals surface area contributed by atoms with Crippen molar-refractivity contribution in [2.75, 3.05) is 33.0 Å². The Morgan fingerprint density at radius 3 is 1.49 bits per heavy atom. The maximum Gasteiger partial charge on any atom is 0.333 e. The summed E-state index contributed by atoms with van der Waals surface area (Å²) in [6, 6.07) is 33.0. The van der Waals surface area contributed by atoms with Crippen LogP contribution in [0.2, 0.25) is 0 Å². The Balaban J connectivity index is 1.25. The van der Waals surface area contributed by atoms with Crippen molar-refractivity contribution in [3.8, 4) is 51.4 Å². The summed E-state index contributed by atoms with van der Waals surface area (Å²) in [6.45, 7) is 9.44. The number of nitrogens with zero attached hydrogens (tertiary/aromatic N) is 3. The highest BCUT2D eigenvalue weighted by Gasteiger charge is 2.25. The fourth-order valence-corrected chi connectivity index (χ4v) is 7.10. The first-order valence-corrected chi connectivity index (χ1v) is 21.7. The Bertz CT molecular complexity index is 3090. The zero-order valence-electron chi connectivity index (χ0n) is 37.5. The molecule has 15 nitrogen and oxygen atoms in total. The molecule has 6 aromatic carbocycles. The van der Waals surface area contributed by atoms with Gasteiger partial charge < -0.3 is 33.5 Å². The lowest BCUT2D eigenvalue weighted by molar-refractivity contribution is -0.150. The molecule has 0 saturated carbocycles. The third kappa shape index (κ3) is 11.7. The van der Waals surface area contributed by atoms with Crippen LogP contribution in [0.5, 0.6) is 17.2 Å². The van der Waals surface area contributed by atoms with Crippen LogP contribution in [-0.2, 0) is 42.9 Å². The maximum atomic E-state index is 13.5. The van der Waals surface area contributed by atoms with Gasteiger partial charge in [0, 0.05) is 17.6 Å². The van der Waals surface area contributed by atoms with Gasteiger partial charge in [-0.05, 0) is 70.8 Å². The van der Waals surface area contributed by atoms with Crippen molar-refractivity contribution in [1.82, 2.24) is 15.0 Å². The highest BCUT2D eigenvalue weighted by atomic mass is 16.6. The molecule has 15 heteroatoms. The molecule has 7 aromatic rings. The van der Waals surface area contributed by atoms with E-state index < -0.39 is 29.8 Å². The largest absolute Gasteiger partial charge is 0.507 e. The van der Waals surface area contributed by atoms with Crippen LogP contribution in [0.25, 0.3) is 66.5 Å². The van der Waals surface area contributed by atoms with Gasteiger partial charge in [0.1, 0.15) is 43.7 Å². The Hall–Kier alpha value is -8.46. The Morgan fingerprint density at radius 1 is 0.471 bits per heavy atom. The number of benzene rings is 6. The molecule has 0 spiro atoms. The minimum Gasteiger partial charge on any atom is -0.507 e. The first-order chi connectivity index (χ1) is 32.9. The Labute approximate surface area is 391 Å². The molecule has 0 atom stereocenters. The number of fused-ring (bicyclic) bond motifs is 3. The molecule has 0 aliphatic carbocycles. The van der Waals surface area contributed by atoms with Crippen molar-refractivity contribution in [1.29, 1.82) is 0 Å². The average Bonchev–Trinajstić information content (AvgIpc) is 3.33. The molecule has 0 amide bonds. The van der Waals surface area contributed by atoms with Crippen LogP contribution < -0.4 is 9.47 Å².